The van der Waals surface area contributed by atoms with Gasteiger partial charge in [0.05, 0.1) is 0 Å². The van der Waals surface area contributed by atoms with Gasteiger partial charge in [0.25, 0.3) is 0 Å². The molecule has 0 aliphatic heterocycles. The van der Waals surface area contributed by atoms with Gasteiger partial charge in [-0.1, -0.05) is 117 Å². The van der Waals surface area contributed by atoms with Crippen LogP contribution < -0.4 is 0 Å². The van der Waals surface area contributed by atoms with E-state index in [1.807, 2.05) is 0 Å². The summed E-state index contributed by atoms with van der Waals surface area (Å²) in [6.45, 7) is 12.3. The van der Waals surface area contributed by atoms with Crippen molar-refractivity contribution in [2.24, 2.45) is 5.92 Å². The normalized spacial score (nSPS) is 12.7. The molecule has 1 atom stereocenters. The summed E-state index contributed by atoms with van der Waals surface area (Å²) in [7, 11) is 0. The molecular formula is C21H41. The SMILES string of the molecule is [C]CC(CCCCCCCC)CCCCCCCCCC. The van der Waals surface area contributed by atoms with Crippen LogP contribution in [0.3, 0.4) is 0 Å². The zero-order chi connectivity index (χ0) is 15.6. The van der Waals surface area contributed by atoms with Crippen LogP contribution in [0.4, 0.5) is 0 Å². The summed E-state index contributed by atoms with van der Waals surface area (Å²) in [6, 6.07) is 0. The van der Waals surface area contributed by atoms with Crippen LogP contribution in [0, 0.1) is 12.8 Å². The molecule has 21 heavy (non-hydrogen) atoms. The average molecular weight is 294 g/mol. The van der Waals surface area contributed by atoms with Crippen LogP contribution in [-0.4, -0.2) is 0 Å². The van der Waals surface area contributed by atoms with E-state index in [0.29, 0.717) is 12.3 Å². The van der Waals surface area contributed by atoms with Gasteiger partial charge in [0.2, 0.25) is 0 Å². The van der Waals surface area contributed by atoms with E-state index in [4.69, 9.17) is 6.92 Å². The molecule has 0 heteroatoms. The fourth-order valence-electron chi connectivity index (χ4n) is 3.13. The van der Waals surface area contributed by atoms with E-state index in [9.17, 15) is 0 Å². The van der Waals surface area contributed by atoms with Gasteiger partial charge in [-0.05, 0) is 19.3 Å². The first-order chi connectivity index (χ1) is 10.3. The Labute approximate surface area is 136 Å². The van der Waals surface area contributed by atoms with Crippen molar-refractivity contribution in [1.82, 2.24) is 0 Å². The van der Waals surface area contributed by atoms with Gasteiger partial charge in [0.1, 0.15) is 0 Å². The van der Waals surface area contributed by atoms with Crippen molar-refractivity contribution < 1.29 is 0 Å². The summed E-state index contributed by atoms with van der Waals surface area (Å²) >= 11 is 0. The Hall–Kier alpha value is 0. The molecule has 0 N–H and O–H groups in total. The van der Waals surface area contributed by atoms with E-state index in [1.165, 1.54) is 103 Å². The van der Waals surface area contributed by atoms with Crippen LogP contribution in [0.1, 0.15) is 123 Å². The van der Waals surface area contributed by atoms with Crippen LogP contribution in [0.25, 0.3) is 0 Å². The number of rotatable bonds is 17. The average Bonchev–Trinajstić information content (AvgIpc) is 2.51. The van der Waals surface area contributed by atoms with Crippen LogP contribution >= 0.6 is 0 Å². The first-order valence-corrected chi connectivity index (χ1v) is 9.99. The van der Waals surface area contributed by atoms with Gasteiger partial charge in [0, 0.05) is 0 Å². The highest BCUT2D eigenvalue weighted by Crippen LogP contribution is 2.21. The molecule has 0 heterocycles. The maximum absolute atomic E-state index is 7.70. The Morgan fingerprint density at radius 1 is 0.524 bits per heavy atom. The Morgan fingerprint density at radius 2 is 0.857 bits per heavy atom. The summed E-state index contributed by atoms with van der Waals surface area (Å²) in [5.41, 5.74) is 0. The molecule has 0 aliphatic carbocycles. The zero-order valence-corrected chi connectivity index (χ0v) is 15.1. The Kier molecular flexibility index (Phi) is 18.1. The minimum absolute atomic E-state index is 0.658. The predicted octanol–water partition coefficient (Wildman–Crippen LogP) is 7.86. The molecule has 0 saturated carbocycles. The monoisotopic (exact) mass is 293 g/mol. The highest BCUT2D eigenvalue weighted by molar-refractivity contribution is 4.62. The summed E-state index contributed by atoms with van der Waals surface area (Å²) in [5, 5.41) is 0. The molecular weight excluding hydrogens is 252 g/mol. The van der Waals surface area contributed by atoms with Gasteiger partial charge in [-0.25, -0.2) is 0 Å². The minimum Gasteiger partial charge on any atom is -0.0654 e. The maximum atomic E-state index is 7.70. The van der Waals surface area contributed by atoms with Gasteiger partial charge in [0.15, 0.2) is 0 Å². The number of hydrogen-bond acceptors (Lipinski definition) is 0. The molecule has 0 fully saturated rings. The maximum Gasteiger partial charge on any atom is -0.00907 e. The number of hydrogen-bond donors (Lipinski definition) is 0. The summed E-state index contributed by atoms with van der Waals surface area (Å²) in [4.78, 5) is 0. The molecule has 0 saturated heterocycles. The van der Waals surface area contributed by atoms with Crippen LogP contribution in [0.2, 0.25) is 0 Å². The number of unbranched alkanes of at least 4 members (excludes halogenated alkanes) is 12. The third-order valence-corrected chi connectivity index (χ3v) is 4.72. The Balaban J connectivity index is 3.28. The van der Waals surface area contributed by atoms with E-state index >= 15 is 0 Å². The van der Waals surface area contributed by atoms with Crippen molar-refractivity contribution in [3.05, 3.63) is 6.92 Å². The van der Waals surface area contributed by atoms with Crippen molar-refractivity contribution in [3.8, 4) is 0 Å². The smallest absolute Gasteiger partial charge is 0.00907 e. The molecule has 1 unspecified atom stereocenters. The molecule has 0 bridgehead atoms. The molecule has 0 nitrogen and oxygen atoms in total. The molecule has 0 amide bonds. The van der Waals surface area contributed by atoms with E-state index in [-0.39, 0.29) is 0 Å². The van der Waals surface area contributed by atoms with Crippen LogP contribution in [0.15, 0.2) is 0 Å². The standard InChI is InChI=1S/C21H41/c1-4-7-9-11-13-14-16-18-20-21(6-3)19-17-15-12-10-8-5-2/h21H,4-20H2,1-2H3. The lowest BCUT2D eigenvalue weighted by Gasteiger charge is -2.14. The van der Waals surface area contributed by atoms with E-state index < -0.39 is 0 Å². The molecule has 0 aromatic heterocycles. The predicted molar refractivity (Wildman–Crippen MR) is 96.6 cm³/mol. The Morgan fingerprint density at radius 3 is 1.19 bits per heavy atom. The second-order valence-corrected chi connectivity index (χ2v) is 6.89. The molecule has 0 spiro atoms. The van der Waals surface area contributed by atoms with Crippen molar-refractivity contribution in [1.29, 1.82) is 0 Å². The van der Waals surface area contributed by atoms with Crippen molar-refractivity contribution >= 4 is 0 Å². The zero-order valence-electron chi connectivity index (χ0n) is 15.1. The fraction of sp³-hybridized carbons (Fsp3) is 0.952. The van der Waals surface area contributed by atoms with Crippen molar-refractivity contribution in [3.63, 3.8) is 0 Å². The van der Waals surface area contributed by atoms with Gasteiger partial charge in [-0.15, -0.1) is 0 Å². The second kappa shape index (κ2) is 18.1. The topological polar surface area (TPSA) is 0 Å². The first-order valence-electron chi connectivity index (χ1n) is 9.99. The highest BCUT2D eigenvalue weighted by Gasteiger charge is 2.06. The molecule has 0 rings (SSSR count). The molecule has 125 valence electrons. The molecule has 0 aromatic carbocycles. The summed E-state index contributed by atoms with van der Waals surface area (Å²) < 4.78 is 0. The minimum atomic E-state index is 0.658. The van der Waals surface area contributed by atoms with Crippen molar-refractivity contribution in [2.75, 3.05) is 0 Å². The van der Waals surface area contributed by atoms with Gasteiger partial charge < -0.3 is 0 Å². The summed E-state index contributed by atoms with van der Waals surface area (Å²) in [5.74, 6) is 0.691. The lowest BCUT2D eigenvalue weighted by molar-refractivity contribution is 0.404. The van der Waals surface area contributed by atoms with Gasteiger partial charge in [-0.2, -0.15) is 0 Å². The van der Waals surface area contributed by atoms with Crippen LogP contribution in [-0.2, 0) is 0 Å². The largest absolute Gasteiger partial charge is 0.0654 e. The lowest BCUT2D eigenvalue weighted by atomic mass is 9.92. The van der Waals surface area contributed by atoms with Gasteiger partial charge >= 0.3 is 0 Å². The molecule has 0 aromatic rings. The molecule has 3 radical (unpaired) electrons. The van der Waals surface area contributed by atoms with E-state index in [2.05, 4.69) is 13.8 Å². The Bertz CT molecular complexity index is 173. The third-order valence-electron chi connectivity index (χ3n) is 4.72. The van der Waals surface area contributed by atoms with E-state index in [1.54, 1.807) is 0 Å². The highest BCUT2D eigenvalue weighted by atomic mass is 14.1. The molecule has 0 aliphatic rings. The second-order valence-electron chi connectivity index (χ2n) is 6.89. The lowest BCUT2D eigenvalue weighted by Crippen LogP contribution is -1.99. The van der Waals surface area contributed by atoms with Gasteiger partial charge in [-0.3, -0.25) is 0 Å². The first kappa shape index (κ1) is 21.0. The fourth-order valence-corrected chi connectivity index (χ4v) is 3.13. The van der Waals surface area contributed by atoms with Crippen molar-refractivity contribution in [2.45, 2.75) is 123 Å². The summed E-state index contributed by atoms with van der Waals surface area (Å²) in [6.07, 6.45) is 22.9. The third kappa shape index (κ3) is 16.2. The van der Waals surface area contributed by atoms with E-state index in [0.717, 1.165) is 0 Å². The quantitative estimate of drug-likeness (QED) is 0.239. The van der Waals surface area contributed by atoms with Crippen LogP contribution in [0.5, 0.6) is 0 Å².